The predicted octanol–water partition coefficient (Wildman–Crippen LogP) is 2.86. The zero-order valence-corrected chi connectivity index (χ0v) is 8.32. The van der Waals surface area contributed by atoms with E-state index in [4.69, 9.17) is 0 Å². The number of hydrogen-bond donors (Lipinski definition) is 1. The Morgan fingerprint density at radius 3 is 2.43 bits per heavy atom. The van der Waals surface area contributed by atoms with Gasteiger partial charge in [-0.2, -0.15) is 0 Å². The van der Waals surface area contributed by atoms with E-state index in [0.29, 0.717) is 0 Å². The summed E-state index contributed by atoms with van der Waals surface area (Å²) in [6.07, 6.45) is 7.81. The second-order valence-corrected chi connectivity index (χ2v) is 4.12. The third-order valence-electron chi connectivity index (χ3n) is 3.09. The molecule has 2 rings (SSSR count). The third kappa shape index (κ3) is 1.88. The Morgan fingerprint density at radius 2 is 1.93 bits per heavy atom. The van der Waals surface area contributed by atoms with E-state index in [1.54, 1.807) is 0 Å². The topological polar surface area (TPSA) is 20.2 Å². The molecule has 0 amide bonds. The maximum atomic E-state index is 9.26. The van der Waals surface area contributed by atoms with Gasteiger partial charge in [0.2, 0.25) is 0 Å². The molecule has 0 unspecified atom stereocenters. The van der Waals surface area contributed by atoms with Crippen molar-refractivity contribution >= 4 is 6.08 Å². The van der Waals surface area contributed by atoms with Crippen LogP contribution in [0.1, 0.15) is 24.8 Å². The van der Waals surface area contributed by atoms with Crippen LogP contribution in [0, 0.1) is 5.41 Å². The Labute approximate surface area is 85.1 Å². The lowest BCUT2D eigenvalue weighted by atomic mass is 9.69. The van der Waals surface area contributed by atoms with Crippen molar-refractivity contribution in [2.45, 2.75) is 19.3 Å². The van der Waals surface area contributed by atoms with Crippen LogP contribution in [0.4, 0.5) is 0 Å². The van der Waals surface area contributed by atoms with Crippen LogP contribution >= 0.6 is 0 Å². The summed E-state index contributed by atoms with van der Waals surface area (Å²) in [5.41, 5.74) is 1.31. The number of aliphatic hydroxyl groups is 1. The number of benzene rings is 1. The van der Waals surface area contributed by atoms with Crippen LogP contribution < -0.4 is 0 Å². The molecule has 1 nitrogen and oxygen atoms in total. The Bertz CT molecular complexity index is 304. The zero-order chi connectivity index (χ0) is 9.86. The average Bonchev–Trinajstić information content (AvgIpc) is 2.19. The van der Waals surface area contributed by atoms with Crippen LogP contribution in [0.2, 0.25) is 0 Å². The van der Waals surface area contributed by atoms with Crippen molar-refractivity contribution < 1.29 is 5.11 Å². The van der Waals surface area contributed by atoms with Crippen molar-refractivity contribution in [3.05, 3.63) is 42.0 Å². The fourth-order valence-corrected chi connectivity index (χ4v) is 1.85. The molecule has 1 aromatic rings. The SMILES string of the molecule is OCC1(/C=C/c2ccccc2)CCC1. The van der Waals surface area contributed by atoms with Gasteiger partial charge >= 0.3 is 0 Å². The lowest BCUT2D eigenvalue weighted by Gasteiger charge is -2.37. The van der Waals surface area contributed by atoms with Gasteiger partial charge in [0.1, 0.15) is 0 Å². The van der Waals surface area contributed by atoms with Crippen LogP contribution in [0.5, 0.6) is 0 Å². The monoisotopic (exact) mass is 188 g/mol. The summed E-state index contributed by atoms with van der Waals surface area (Å²) < 4.78 is 0. The van der Waals surface area contributed by atoms with E-state index < -0.39 is 0 Å². The van der Waals surface area contributed by atoms with E-state index in [0.717, 1.165) is 12.8 Å². The molecule has 0 spiro atoms. The second-order valence-electron chi connectivity index (χ2n) is 4.12. The minimum atomic E-state index is 0.0931. The highest BCUT2D eigenvalue weighted by molar-refractivity contribution is 5.50. The highest BCUT2D eigenvalue weighted by atomic mass is 16.3. The van der Waals surface area contributed by atoms with E-state index in [1.807, 2.05) is 18.2 Å². The van der Waals surface area contributed by atoms with Gasteiger partial charge in [0.05, 0.1) is 6.61 Å². The van der Waals surface area contributed by atoms with Crippen LogP contribution in [-0.2, 0) is 0 Å². The summed E-state index contributed by atoms with van der Waals surface area (Å²) in [5, 5.41) is 9.26. The normalized spacial score (nSPS) is 19.5. The first kappa shape index (κ1) is 9.47. The molecule has 0 aromatic heterocycles. The van der Waals surface area contributed by atoms with Gasteiger partial charge in [-0.15, -0.1) is 0 Å². The van der Waals surface area contributed by atoms with Crippen molar-refractivity contribution in [1.82, 2.24) is 0 Å². The van der Waals surface area contributed by atoms with E-state index in [9.17, 15) is 5.11 Å². The Hall–Kier alpha value is -1.08. The molecule has 0 atom stereocenters. The van der Waals surface area contributed by atoms with Crippen molar-refractivity contribution in [3.63, 3.8) is 0 Å². The number of hydrogen-bond acceptors (Lipinski definition) is 1. The Kier molecular flexibility index (Phi) is 2.69. The summed E-state index contributed by atoms with van der Waals surface area (Å²) in [4.78, 5) is 0. The maximum Gasteiger partial charge on any atom is 0.0522 e. The standard InChI is InChI=1S/C13H16O/c14-11-13(8-4-9-13)10-7-12-5-2-1-3-6-12/h1-3,5-7,10,14H,4,8-9,11H2/b10-7+. The average molecular weight is 188 g/mol. The van der Waals surface area contributed by atoms with E-state index in [2.05, 4.69) is 24.3 Å². The molecular formula is C13H16O. The largest absolute Gasteiger partial charge is 0.395 e. The third-order valence-corrected chi connectivity index (χ3v) is 3.09. The highest BCUT2D eigenvalue weighted by Gasteiger charge is 2.33. The van der Waals surface area contributed by atoms with Crippen molar-refractivity contribution in [2.24, 2.45) is 5.41 Å². The molecule has 0 radical (unpaired) electrons. The molecule has 1 fully saturated rings. The van der Waals surface area contributed by atoms with Crippen LogP contribution in [0.15, 0.2) is 36.4 Å². The fourth-order valence-electron chi connectivity index (χ4n) is 1.85. The van der Waals surface area contributed by atoms with Gasteiger partial charge in [0.15, 0.2) is 0 Å². The van der Waals surface area contributed by atoms with Gasteiger partial charge in [-0.1, -0.05) is 48.9 Å². The van der Waals surface area contributed by atoms with Crippen molar-refractivity contribution in [3.8, 4) is 0 Å². The Balaban J connectivity index is 2.06. The molecule has 1 aromatic carbocycles. The highest BCUT2D eigenvalue weighted by Crippen LogP contribution is 2.42. The van der Waals surface area contributed by atoms with Gasteiger partial charge in [-0.25, -0.2) is 0 Å². The first-order chi connectivity index (χ1) is 6.85. The molecule has 1 aliphatic carbocycles. The molecule has 1 N–H and O–H groups in total. The summed E-state index contributed by atoms with van der Waals surface area (Å²) in [6.45, 7) is 0.288. The molecular weight excluding hydrogens is 172 g/mol. The minimum Gasteiger partial charge on any atom is -0.395 e. The molecule has 1 aliphatic rings. The minimum absolute atomic E-state index is 0.0931. The first-order valence-corrected chi connectivity index (χ1v) is 5.20. The summed E-state index contributed by atoms with van der Waals surface area (Å²) >= 11 is 0. The van der Waals surface area contributed by atoms with Crippen LogP contribution in [0.25, 0.3) is 6.08 Å². The quantitative estimate of drug-likeness (QED) is 0.773. The zero-order valence-electron chi connectivity index (χ0n) is 8.32. The molecule has 1 saturated carbocycles. The second kappa shape index (κ2) is 3.97. The van der Waals surface area contributed by atoms with Crippen LogP contribution in [0.3, 0.4) is 0 Å². The molecule has 14 heavy (non-hydrogen) atoms. The van der Waals surface area contributed by atoms with Crippen molar-refractivity contribution in [1.29, 1.82) is 0 Å². The van der Waals surface area contributed by atoms with Gasteiger partial charge < -0.3 is 5.11 Å². The molecule has 0 saturated heterocycles. The van der Waals surface area contributed by atoms with Crippen molar-refractivity contribution in [2.75, 3.05) is 6.61 Å². The van der Waals surface area contributed by atoms with Crippen LogP contribution in [-0.4, -0.2) is 11.7 Å². The fraction of sp³-hybridized carbons (Fsp3) is 0.385. The van der Waals surface area contributed by atoms with Gasteiger partial charge in [0.25, 0.3) is 0 Å². The summed E-state index contributed by atoms with van der Waals surface area (Å²) in [5.74, 6) is 0. The predicted molar refractivity (Wildman–Crippen MR) is 58.8 cm³/mol. The summed E-state index contributed by atoms with van der Waals surface area (Å²) in [7, 11) is 0. The molecule has 1 heteroatoms. The maximum absolute atomic E-state index is 9.26. The number of aliphatic hydroxyl groups excluding tert-OH is 1. The Morgan fingerprint density at radius 1 is 1.21 bits per heavy atom. The van der Waals surface area contributed by atoms with E-state index >= 15 is 0 Å². The molecule has 0 bridgehead atoms. The molecule has 74 valence electrons. The number of rotatable bonds is 3. The smallest absolute Gasteiger partial charge is 0.0522 e. The van der Waals surface area contributed by atoms with Gasteiger partial charge in [0, 0.05) is 5.41 Å². The lowest BCUT2D eigenvalue weighted by Crippen LogP contribution is -2.30. The van der Waals surface area contributed by atoms with Gasteiger partial charge in [-0.05, 0) is 18.4 Å². The lowest BCUT2D eigenvalue weighted by molar-refractivity contribution is 0.0930. The molecule has 0 aliphatic heterocycles. The summed E-state index contributed by atoms with van der Waals surface area (Å²) in [6, 6.07) is 10.3. The first-order valence-electron chi connectivity index (χ1n) is 5.20. The van der Waals surface area contributed by atoms with E-state index in [1.165, 1.54) is 12.0 Å². The van der Waals surface area contributed by atoms with E-state index in [-0.39, 0.29) is 12.0 Å². The van der Waals surface area contributed by atoms with Gasteiger partial charge in [-0.3, -0.25) is 0 Å². The molecule has 0 heterocycles.